The smallest absolute Gasteiger partial charge is 0.308 e. The Morgan fingerprint density at radius 3 is 2.44 bits per heavy atom. The Labute approximate surface area is 96.9 Å². The van der Waals surface area contributed by atoms with E-state index in [0.717, 1.165) is 5.56 Å². The van der Waals surface area contributed by atoms with Crippen molar-refractivity contribution in [3.8, 4) is 5.75 Å². The maximum absolute atomic E-state index is 10.9. The van der Waals surface area contributed by atoms with Crippen LogP contribution >= 0.6 is 0 Å². The van der Waals surface area contributed by atoms with E-state index in [1.165, 1.54) is 6.92 Å². The molecule has 0 radical (unpaired) electrons. The van der Waals surface area contributed by atoms with Gasteiger partial charge >= 0.3 is 5.97 Å². The summed E-state index contributed by atoms with van der Waals surface area (Å²) < 4.78 is 5.12. The lowest BCUT2D eigenvalue weighted by Crippen LogP contribution is -2.03. The second-order valence-electron chi connectivity index (χ2n) is 4.83. The predicted octanol–water partition coefficient (Wildman–Crippen LogP) is 3.67. The summed E-state index contributed by atoms with van der Waals surface area (Å²) in [5, 5.41) is 0. The second kappa shape index (κ2) is 4.97. The van der Waals surface area contributed by atoms with Crippen molar-refractivity contribution in [3.63, 3.8) is 0 Å². The van der Waals surface area contributed by atoms with Crippen LogP contribution in [0.1, 0.15) is 33.3 Å². The number of ether oxygens (including phenoxy) is 1. The normalized spacial score (nSPS) is 11.8. The molecule has 0 fully saturated rings. The van der Waals surface area contributed by atoms with Gasteiger partial charge in [-0.15, -0.1) is 0 Å². The van der Waals surface area contributed by atoms with E-state index < -0.39 is 0 Å². The van der Waals surface area contributed by atoms with Crippen LogP contribution in [0.15, 0.2) is 30.3 Å². The lowest BCUT2D eigenvalue weighted by Gasteiger charge is -2.12. The highest BCUT2D eigenvalue weighted by Crippen LogP contribution is 2.23. The molecule has 2 nitrogen and oxygen atoms in total. The third-order valence-corrected chi connectivity index (χ3v) is 1.94. The highest BCUT2D eigenvalue weighted by atomic mass is 16.5. The Kier molecular flexibility index (Phi) is 3.88. The number of para-hydroxylation sites is 1. The molecule has 0 heterocycles. The summed E-state index contributed by atoms with van der Waals surface area (Å²) in [4.78, 5) is 10.9. The molecular weight excluding hydrogens is 200 g/mol. The van der Waals surface area contributed by atoms with Crippen LogP contribution in [-0.4, -0.2) is 5.97 Å². The van der Waals surface area contributed by atoms with Crippen LogP contribution in [0.2, 0.25) is 0 Å². The minimum atomic E-state index is -0.295. The first kappa shape index (κ1) is 12.5. The van der Waals surface area contributed by atoms with E-state index in [9.17, 15) is 4.79 Å². The highest BCUT2D eigenvalue weighted by molar-refractivity contribution is 5.71. The van der Waals surface area contributed by atoms with E-state index in [1.807, 2.05) is 24.3 Å². The Hall–Kier alpha value is -1.57. The fourth-order valence-corrected chi connectivity index (χ4v) is 1.21. The number of benzene rings is 1. The second-order valence-corrected chi connectivity index (χ2v) is 4.83. The Bertz CT molecular complexity index is 397. The summed E-state index contributed by atoms with van der Waals surface area (Å²) in [5.41, 5.74) is 1.04. The molecule has 1 aromatic rings. The zero-order valence-electron chi connectivity index (χ0n) is 10.3. The monoisotopic (exact) mass is 218 g/mol. The fourth-order valence-electron chi connectivity index (χ4n) is 1.21. The number of carbonyl (C=O) groups is 1. The molecule has 0 aliphatic carbocycles. The first-order valence-electron chi connectivity index (χ1n) is 5.35. The van der Waals surface area contributed by atoms with E-state index in [0.29, 0.717) is 5.75 Å². The molecule has 0 aliphatic rings. The Balaban J connectivity index is 2.95. The Morgan fingerprint density at radius 2 is 1.88 bits per heavy atom. The zero-order chi connectivity index (χ0) is 12.2. The van der Waals surface area contributed by atoms with Crippen LogP contribution < -0.4 is 4.74 Å². The maximum atomic E-state index is 10.9. The molecule has 86 valence electrons. The molecule has 1 rings (SSSR count). The number of hydrogen-bond acceptors (Lipinski definition) is 2. The molecule has 0 spiro atoms. The molecule has 0 unspecified atom stereocenters. The van der Waals surface area contributed by atoms with Crippen molar-refractivity contribution in [1.29, 1.82) is 0 Å². The summed E-state index contributed by atoms with van der Waals surface area (Å²) in [6, 6.07) is 7.51. The molecular formula is C14H18O2. The number of hydrogen-bond donors (Lipinski definition) is 0. The Morgan fingerprint density at radius 1 is 1.25 bits per heavy atom. The summed E-state index contributed by atoms with van der Waals surface area (Å²) in [5.74, 6) is 0.312. The van der Waals surface area contributed by atoms with Crippen molar-refractivity contribution in [2.75, 3.05) is 0 Å². The van der Waals surface area contributed by atoms with Crippen LogP contribution in [0.25, 0.3) is 6.08 Å². The standard InChI is InChI=1S/C14H18O2/c1-11(15)16-13-8-6-5-7-12(13)9-10-14(2,3)4/h5-10H,1-4H3. The van der Waals surface area contributed by atoms with Gasteiger partial charge in [0.15, 0.2) is 0 Å². The molecule has 0 aliphatic heterocycles. The van der Waals surface area contributed by atoms with E-state index in [1.54, 1.807) is 6.07 Å². The third-order valence-electron chi connectivity index (χ3n) is 1.94. The van der Waals surface area contributed by atoms with E-state index in [-0.39, 0.29) is 11.4 Å². The van der Waals surface area contributed by atoms with Gasteiger partial charge < -0.3 is 4.74 Å². The van der Waals surface area contributed by atoms with Crippen LogP contribution in [0, 0.1) is 5.41 Å². The van der Waals surface area contributed by atoms with Gasteiger partial charge in [0.2, 0.25) is 0 Å². The average molecular weight is 218 g/mol. The third kappa shape index (κ3) is 4.30. The van der Waals surface area contributed by atoms with Crippen molar-refractivity contribution in [2.24, 2.45) is 5.41 Å². The summed E-state index contributed by atoms with van der Waals surface area (Å²) >= 11 is 0. The molecule has 1 aromatic carbocycles. The lowest BCUT2D eigenvalue weighted by molar-refractivity contribution is -0.131. The van der Waals surface area contributed by atoms with Gasteiger partial charge in [0.25, 0.3) is 0 Å². The van der Waals surface area contributed by atoms with Crippen LogP contribution in [0.3, 0.4) is 0 Å². The molecule has 0 N–H and O–H groups in total. The van der Waals surface area contributed by atoms with Gasteiger partial charge in [0.1, 0.15) is 5.75 Å². The van der Waals surface area contributed by atoms with Gasteiger partial charge in [-0.05, 0) is 11.5 Å². The summed E-state index contributed by atoms with van der Waals surface area (Å²) in [7, 11) is 0. The predicted molar refractivity (Wildman–Crippen MR) is 66.2 cm³/mol. The number of esters is 1. The van der Waals surface area contributed by atoms with Crippen LogP contribution in [-0.2, 0) is 4.79 Å². The minimum absolute atomic E-state index is 0.114. The van der Waals surface area contributed by atoms with Crippen LogP contribution in [0.4, 0.5) is 0 Å². The fraction of sp³-hybridized carbons (Fsp3) is 0.357. The van der Waals surface area contributed by atoms with Crippen molar-refractivity contribution < 1.29 is 9.53 Å². The van der Waals surface area contributed by atoms with Gasteiger partial charge in [0.05, 0.1) is 0 Å². The van der Waals surface area contributed by atoms with E-state index >= 15 is 0 Å². The molecule has 0 atom stereocenters. The minimum Gasteiger partial charge on any atom is -0.426 e. The van der Waals surface area contributed by atoms with E-state index in [2.05, 4.69) is 26.8 Å². The molecule has 2 heteroatoms. The quantitative estimate of drug-likeness (QED) is 0.559. The largest absolute Gasteiger partial charge is 0.426 e. The first-order chi connectivity index (χ1) is 7.38. The van der Waals surface area contributed by atoms with Crippen LogP contribution in [0.5, 0.6) is 5.75 Å². The maximum Gasteiger partial charge on any atom is 0.308 e. The topological polar surface area (TPSA) is 26.3 Å². The summed E-state index contributed by atoms with van der Waals surface area (Å²) in [6.45, 7) is 7.78. The molecule has 0 bridgehead atoms. The highest BCUT2D eigenvalue weighted by Gasteiger charge is 2.06. The van der Waals surface area contributed by atoms with Crippen molar-refractivity contribution >= 4 is 12.0 Å². The molecule has 0 amide bonds. The number of allylic oxidation sites excluding steroid dienone is 1. The van der Waals surface area contributed by atoms with Gasteiger partial charge in [-0.2, -0.15) is 0 Å². The van der Waals surface area contributed by atoms with Crippen molar-refractivity contribution in [1.82, 2.24) is 0 Å². The molecule has 16 heavy (non-hydrogen) atoms. The number of carbonyl (C=O) groups excluding carboxylic acids is 1. The average Bonchev–Trinajstić information content (AvgIpc) is 2.14. The number of rotatable bonds is 2. The molecule has 0 saturated carbocycles. The first-order valence-corrected chi connectivity index (χ1v) is 5.35. The van der Waals surface area contributed by atoms with Gasteiger partial charge in [0, 0.05) is 12.5 Å². The van der Waals surface area contributed by atoms with E-state index in [4.69, 9.17) is 4.74 Å². The SMILES string of the molecule is CC(=O)Oc1ccccc1C=CC(C)(C)C. The lowest BCUT2D eigenvalue weighted by atomic mass is 9.95. The van der Waals surface area contributed by atoms with Gasteiger partial charge in [-0.3, -0.25) is 4.79 Å². The van der Waals surface area contributed by atoms with Crippen molar-refractivity contribution in [2.45, 2.75) is 27.7 Å². The molecule has 0 aromatic heterocycles. The molecule has 0 saturated heterocycles. The zero-order valence-corrected chi connectivity index (χ0v) is 10.3. The van der Waals surface area contributed by atoms with Gasteiger partial charge in [-0.25, -0.2) is 0 Å². The van der Waals surface area contributed by atoms with Crippen molar-refractivity contribution in [3.05, 3.63) is 35.9 Å². The summed E-state index contributed by atoms with van der Waals surface area (Å²) in [6.07, 6.45) is 4.08. The van der Waals surface area contributed by atoms with Gasteiger partial charge in [-0.1, -0.05) is 51.1 Å².